The van der Waals surface area contributed by atoms with E-state index in [2.05, 4.69) is 14.9 Å². The smallest absolute Gasteiger partial charge is 0.338 e. The Morgan fingerprint density at radius 2 is 1.87 bits per heavy atom. The van der Waals surface area contributed by atoms with Gasteiger partial charge in [-0.1, -0.05) is 24.3 Å². The number of rotatable bonds is 5. The largest absolute Gasteiger partial charge is 0.345 e. The highest BCUT2D eigenvalue weighted by molar-refractivity contribution is 5.94. The molecule has 9 heteroatoms. The first-order chi connectivity index (χ1) is 14.9. The first-order valence-corrected chi connectivity index (χ1v) is 9.90. The third kappa shape index (κ3) is 4.61. The summed E-state index contributed by atoms with van der Waals surface area (Å²) in [5.41, 5.74) is 0.878. The third-order valence-electron chi connectivity index (χ3n) is 5.43. The molecule has 31 heavy (non-hydrogen) atoms. The van der Waals surface area contributed by atoms with Gasteiger partial charge < -0.3 is 9.64 Å². The van der Waals surface area contributed by atoms with Crippen LogP contribution in [-0.2, 0) is 11.2 Å². The summed E-state index contributed by atoms with van der Waals surface area (Å²) >= 11 is 0. The fraction of sp³-hybridized carbons (Fsp3) is 0.318. The van der Waals surface area contributed by atoms with Crippen LogP contribution in [0.15, 0.2) is 47.3 Å². The summed E-state index contributed by atoms with van der Waals surface area (Å²) in [7, 11) is 0. The molecule has 1 amide bonds. The van der Waals surface area contributed by atoms with Crippen molar-refractivity contribution in [3.8, 4) is 0 Å². The molecule has 1 aliphatic heterocycles. The second kappa shape index (κ2) is 8.89. The number of carbonyl (C=O) groups is 1. The SMILES string of the molecule is O=C(c1cc(Cc2n[nH]c(=O)c3ccccc23)ccc1F)N1CCC(OC(F)F)CC1. The van der Waals surface area contributed by atoms with E-state index in [4.69, 9.17) is 0 Å². The molecular formula is C22H20F3N3O3. The first kappa shape index (κ1) is 21.0. The number of nitrogens with one attached hydrogen (secondary N) is 1. The second-order valence-electron chi connectivity index (χ2n) is 7.42. The first-order valence-electron chi connectivity index (χ1n) is 9.90. The van der Waals surface area contributed by atoms with Crippen molar-refractivity contribution in [2.24, 2.45) is 0 Å². The fourth-order valence-corrected chi connectivity index (χ4v) is 3.86. The minimum atomic E-state index is -2.85. The molecule has 1 saturated heterocycles. The van der Waals surface area contributed by atoms with E-state index in [1.54, 1.807) is 30.3 Å². The normalized spacial score (nSPS) is 15.0. The molecule has 2 aromatic carbocycles. The fourth-order valence-electron chi connectivity index (χ4n) is 3.86. The van der Waals surface area contributed by atoms with Crippen LogP contribution >= 0.6 is 0 Å². The molecule has 1 fully saturated rings. The van der Waals surface area contributed by atoms with Gasteiger partial charge in [0, 0.05) is 24.9 Å². The topological polar surface area (TPSA) is 75.3 Å². The molecule has 6 nitrogen and oxygen atoms in total. The van der Waals surface area contributed by atoms with Crippen molar-refractivity contribution >= 4 is 16.7 Å². The predicted octanol–water partition coefficient (Wildman–Crippen LogP) is 3.50. The molecule has 0 bridgehead atoms. The van der Waals surface area contributed by atoms with E-state index < -0.39 is 24.4 Å². The van der Waals surface area contributed by atoms with E-state index in [1.165, 1.54) is 17.0 Å². The van der Waals surface area contributed by atoms with Gasteiger partial charge in [-0.05, 0) is 36.6 Å². The standard InChI is InChI=1S/C22H20F3N3O3/c23-18-6-5-13(12-19-15-3-1-2-4-16(15)20(29)27-26-19)11-17(18)21(30)28-9-7-14(8-10-28)31-22(24)25/h1-6,11,14,22H,7-10,12H2,(H,27,29). The van der Waals surface area contributed by atoms with Crippen LogP contribution in [0.4, 0.5) is 13.2 Å². The lowest BCUT2D eigenvalue weighted by molar-refractivity contribution is -0.171. The summed E-state index contributed by atoms with van der Waals surface area (Å²) in [6.07, 6.45) is 0.220. The van der Waals surface area contributed by atoms with E-state index in [1.807, 2.05) is 0 Å². The quantitative estimate of drug-likeness (QED) is 0.671. The molecule has 1 aromatic heterocycles. The number of benzene rings is 2. The van der Waals surface area contributed by atoms with Crippen LogP contribution in [0, 0.1) is 5.82 Å². The Balaban J connectivity index is 1.54. The van der Waals surface area contributed by atoms with Crippen molar-refractivity contribution in [3.05, 3.63) is 75.5 Å². The molecule has 0 atom stereocenters. The van der Waals surface area contributed by atoms with Crippen LogP contribution < -0.4 is 5.56 Å². The minimum absolute atomic E-state index is 0.0838. The number of carbonyl (C=O) groups excluding carboxylic acids is 1. The van der Waals surface area contributed by atoms with Crippen LogP contribution in [0.5, 0.6) is 0 Å². The van der Waals surface area contributed by atoms with Gasteiger partial charge in [0.1, 0.15) is 5.82 Å². The summed E-state index contributed by atoms with van der Waals surface area (Å²) in [5, 5.41) is 7.76. The van der Waals surface area contributed by atoms with Gasteiger partial charge in [0.2, 0.25) is 0 Å². The molecule has 4 rings (SSSR count). The highest BCUT2D eigenvalue weighted by Gasteiger charge is 2.27. The van der Waals surface area contributed by atoms with E-state index in [9.17, 15) is 22.8 Å². The number of aromatic amines is 1. The molecule has 0 spiro atoms. The van der Waals surface area contributed by atoms with Gasteiger partial charge in [0.15, 0.2) is 0 Å². The van der Waals surface area contributed by atoms with Gasteiger partial charge in [-0.3, -0.25) is 9.59 Å². The van der Waals surface area contributed by atoms with Crippen LogP contribution in [-0.4, -0.2) is 46.8 Å². The Bertz CT molecular complexity index is 1160. The molecule has 1 aliphatic rings. The molecule has 0 aliphatic carbocycles. The molecule has 3 aromatic rings. The van der Waals surface area contributed by atoms with Crippen LogP contribution in [0.1, 0.15) is 34.5 Å². The van der Waals surface area contributed by atoms with Gasteiger partial charge in [0.25, 0.3) is 11.5 Å². The summed E-state index contributed by atoms with van der Waals surface area (Å²) in [6.45, 7) is -2.42. The van der Waals surface area contributed by atoms with Crippen molar-refractivity contribution in [2.45, 2.75) is 32.0 Å². The van der Waals surface area contributed by atoms with Crippen molar-refractivity contribution in [1.29, 1.82) is 0 Å². The van der Waals surface area contributed by atoms with Gasteiger partial charge >= 0.3 is 6.61 Å². The lowest BCUT2D eigenvalue weighted by atomic mass is 10.0. The van der Waals surface area contributed by atoms with E-state index in [0.29, 0.717) is 28.5 Å². The Morgan fingerprint density at radius 1 is 1.16 bits per heavy atom. The number of H-pyrrole nitrogens is 1. The van der Waals surface area contributed by atoms with Gasteiger partial charge in [0.05, 0.1) is 22.7 Å². The summed E-state index contributed by atoms with van der Waals surface area (Å²) in [5.74, 6) is -1.15. The van der Waals surface area contributed by atoms with E-state index in [0.717, 1.165) is 0 Å². The maximum absolute atomic E-state index is 14.4. The number of likely N-dealkylation sites (tertiary alicyclic amines) is 1. The summed E-state index contributed by atoms with van der Waals surface area (Å²) in [4.78, 5) is 26.3. The number of amides is 1. The van der Waals surface area contributed by atoms with Crippen LogP contribution in [0.2, 0.25) is 0 Å². The number of halogens is 3. The van der Waals surface area contributed by atoms with Gasteiger partial charge in [-0.15, -0.1) is 0 Å². The van der Waals surface area contributed by atoms with Gasteiger partial charge in [-0.25, -0.2) is 9.49 Å². The molecule has 0 unspecified atom stereocenters. The van der Waals surface area contributed by atoms with Crippen LogP contribution in [0.25, 0.3) is 10.8 Å². The maximum Gasteiger partial charge on any atom is 0.345 e. The monoisotopic (exact) mass is 431 g/mol. The zero-order chi connectivity index (χ0) is 22.0. The highest BCUT2D eigenvalue weighted by Crippen LogP contribution is 2.22. The summed E-state index contributed by atoms with van der Waals surface area (Å²) < 4.78 is 43.7. The van der Waals surface area contributed by atoms with Crippen molar-refractivity contribution < 1.29 is 22.7 Å². The number of ether oxygens (including phenoxy) is 1. The summed E-state index contributed by atoms with van der Waals surface area (Å²) in [6, 6.07) is 11.3. The Kier molecular flexibility index (Phi) is 6.03. The molecule has 0 saturated carbocycles. The molecule has 2 heterocycles. The second-order valence-corrected chi connectivity index (χ2v) is 7.42. The number of alkyl halides is 2. The number of piperidine rings is 1. The Morgan fingerprint density at radius 3 is 2.58 bits per heavy atom. The molecule has 0 radical (unpaired) electrons. The molecule has 1 N–H and O–H groups in total. The van der Waals surface area contributed by atoms with Crippen molar-refractivity contribution in [3.63, 3.8) is 0 Å². The van der Waals surface area contributed by atoms with Crippen molar-refractivity contribution in [1.82, 2.24) is 15.1 Å². The number of nitrogens with zero attached hydrogens (tertiary/aromatic N) is 2. The van der Waals surface area contributed by atoms with Crippen molar-refractivity contribution in [2.75, 3.05) is 13.1 Å². The lowest BCUT2D eigenvalue weighted by Gasteiger charge is -2.31. The molecule has 162 valence electrons. The third-order valence-corrected chi connectivity index (χ3v) is 5.43. The molecular weight excluding hydrogens is 411 g/mol. The Labute approximate surface area is 175 Å². The zero-order valence-corrected chi connectivity index (χ0v) is 16.5. The number of hydrogen-bond donors (Lipinski definition) is 1. The van der Waals surface area contributed by atoms with Crippen LogP contribution in [0.3, 0.4) is 0 Å². The lowest BCUT2D eigenvalue weighted by Crippen LogP contribution is -2.41. The average molecular weight is 431 g/mol. The zero-order valence-electron chi connectivity index (χ0n) is 16.5. The average Bonchev–Trinajstić information content (AvgIpc) is 2.77. The maximum atomic E-state index is 14.4. The number of fused-ring (bicyclic) bond motifs is 1. The number of hydrogen-bond acceptors (Lipinski definition) is 4. The minimum Gasteiger partial charge on any atom is -0.338 e. The number of aromatic nitrogens is 2. The predicted molar refractivity (Wildman–Crippen MR) is 108 cm³/mol. The highest BCUT2D eigenvalue weighted by atomic mass is 19.3. The Hall–Kier alpha value is -3.20. The van der Waals surface area contributed by atoms with E-state index >= 15 is 0 Å². The van der Waals surface area contributed by atoms with Gasteiger partial charge in [-0.2, -0.15) is 13.9 Å². The van der Waals surface area contributed by atoms with E-state index in [-0.39, 0.29) is 37.1 Å².